The lowest BCUT2D eigenvalue weighted by molar-refractivity contribution is -0.139. The Morgan fingerprint density at radius 1 is 0.879 bits per heavy atom. The molecular weight excluding hydrogens is 428 g/mol. The van der Waals surface area contributed by atoms with Gasteiger partial charge >= 0.3 is 18.0 Å². The van der Waals surface area contributed by atoms with E-state index in [4.69, 9.17) is 4.74 Å². The van der Waals surface area contributed by atoms with Crippen LogP contribution >= 0.6 is 0 Å². The Hall–Kier alpha value is -4.34. The van der Waals surface area contributed by atoms with Crippen molar-refractivity contribution >= 4 is 18.0 Å². The predicted octanol–water partition coefficient (Wildman–Crippen LogP) is 2.04. The molecule has 4 N–H and O–H groups in total. The first-order chi connectivity index (χ1) is 15.9. The monoisotopic (exact) mass is 452 g/mol. The zero-order valence-corrected chi connectivity index (χ0v) is 17.6. The molecule has 0 unspecified atom stereocenters. The summed E-state index contributed by atoms with van der Waals surface area (Å²) in [5, 5.41) is 21.3. The lowest BCUT2D eigenvalue weighted by atomic mass is 10.1. The average molecular weight is 452 g/mol. The summed E-state index contributed by atoms with van der Waals surface area (Å²) in [6, 6.07) is 16.0. The van der Waals surface area contributed by atoms with E-state index in [0.29, 0.717) is 5.69 Å². The van der Waals surface area contributed by atoms with Crippen LogP contribution in [0.1, 0.15) is 16.8 Å². The van der Waals surface area contributed by atoms with Gasteiger partial charge in [-0.1, -0.05) is 60.7 Å². The van der Waals surface area contributed by atoms with E-state index in [9.17, 15) is 24.6 Å². The van der Waals surface area contributed by atoms with Gasteiger partial charge in [0.1, 0.15) is 25.0 Å². The number of nitrogens with zero attached hydrogens (tertiary/aromatic N) is 2. The molecule has 0 aliphatic rings. The van der Waals surface area contributed by atoms with E-state index in [1.54, 1.807) is 24.3 Å². The summed E-state index contributed by atoms with van der Waals surface area (Å²) in [5.41, 5.74) is 4.79. The second-order valence-electron chi connectivity index (χ2n) is 7.28. The molecular formula is C23H24N4O6. The van der Waals surface area contributed by atoms with Gasteiger partial charge in [0, 0.05) is 19.0 Å². The van der Waals surface area contributed by atoms with E-state index in [2.05, 4.69) is 15.7 Å². The van der Waals surface area contributed by atoms with Gasteiger partial charge in [-0.2, -0.15) is 0 Å². The van der Waals surface area contributed by atoms with E-state index in [0.717, 1.165) is 11.1 Å². The molecule has 0 spiro atoms. The number of alkyl carbamates (subject to hydrolysis) is 1. The van der Waals surface area contributed by atoms with E-state index < -0.39 is 30.1 Å². The Balaban J connectivity index is 1.56. The van der Waals surface area contributed by atoms with Gasteiger partial charge < -0.3 is 25.7 Å². The zero-order valence-electron chi connectivity index (χ0n) is 17.6. The van der Waals surface area contributed by atoms with E-state index in [1.165, 1.54) is 17.2 Å². The molecule has 2 aromatic carbocycles. The molecule has 1 aromatic heterocycles. The van der Waals surface area contributed by atoms with Gasteiger partial charge in [-0.05, 0) is 11.1 Å². The van der Waals surface area contributed by atoms with Crippen molar-refractivity contribution in [2.75, 3.05) is 5.43 Å². The molecule has 0 radical (unpaired) electrons. The van der Waals surface area contributed by atoms with Crippen LogP contribution in [0, 0.1) is 0 Å². The normalized spacial score (nSPS) is 12.4. The number of carbonyl (C=O) groups excluding carboxylic acids is 1. The number of carboxylic acid groups (broad SMARTS) is 2. The van der Waals surface area contributed by atoms with Crippen LogP contribution < -0.4 is 10.7 Å². The van der Waals surface area contributed by atoms with Crippen molar-refractivity contribution in [1.82, 2.24) is 15.0 Å². The molecule has 0 aliphatic carbocycles. The smallest absolute Gasteiger partial charge is 0.408 e. The van der Waals surface area contributed by atoms with Crippen LogP contribution in [-0.4, -0.2) is 50.0 Å². The first-order valence-corrected chi connectivity index (χ1v) is 10.2. The molecule has 172 valence electrons. The van der Waals surface area contributed by atoms with E-state index in [1.807, 2.05) is 36.4 Å². The summed E-state index contributed by atoms with van der Waals surface area (Å²) in [6.07, 6.45) is 2.10. The van der Waals surface area contributed by atoms with Gasteiger partial charge in [0.05, 0.1) is 5.69 Å². The quantitative estimate of drug-likeness (QED) is 0.346. The maximum absolute atomic E-state index is 12.0. The van der Waals surface area contributed by atoms with Crippen molar-refractivity contribution in [1.29, 1.82) is 0 Å². The molecule has 0 aliphatic heterocycles. The van der Waals surface area contributed by atoms with Crippen molar-refractivity contribution in [2.45, 2.75) is 31.5 Å². The third-order valence-corrected chi connectivity index (χ3v) is 4.74. The molecule has 0 saturated carbocycles. The van der Waals surface area contributed by atoms with Crippen LogP contribution in [0.5, 0.6) is 0 Å². The number of carboxylic acids is 2. The molecule has 2 atom stereocenters. The van der Waals surface area contributed by atoms with Crippen molar-refractivity contribution in [3.63, 3.8) is 0 Å². The van der Waals surface area contributed by atoms with Crippen LogP contribution in [0.2, 0.25) is 0 Å². The highest BCUT2D eigenvalue weighted by Gasteiger charge is 2.23. The Bertz CT molecular complexity index is 1070. The molecule has 10 nitrogen and oxygen atoms in total. The molecule has 3 aromatic rings. The predicted molar refractivity (Wildman–Crippen MR) is 118 cm³/mol. The number of imidazole rings is 1. The minimum atomic E-state index is -1.27. The number of aromatic nitrogens is 2. The van der Waals surface area contributed by atoms with Crippen LogP contribution in [0.15, 0.2) is 73.2 Å². The number of carbonyl (C=O) groups is 3. The summed E-state index contributed by atoms with van der Waals surface area (Å²) >= 11 is 0. The molecule has 0 bridgehead atoms. The second-order valence-corrected chi connectivity index (χ2v) is 7.28. The average Bonchev–Trinajstić information content (AvgIpc) is 3.25. The van der Waals surface area contributed by atoms with Gasteiger partial charge in [0.25, 0.3) is 0 Å². The van der Waals surface area contributed by atoms with Crippen LogP contribution in [0.25, 0.3) is 0 Å². The number of hydrogen-bond donors (Lipinski definition) is 4. The fraction of sp³-hybridized carbons (Fsp3) is 0.217. The van der Waals surface area contributed by atoms with Crippen molar-refractivity contribution in [3.8, 4) is 0 Å². The van der Waals surface area contributed by atoms with Gasteiger partial charge in [-0.3, -0.25) is 4.68 Å². The van der Waals surface area contributed by atoms with Crippen LogP contribution in [0.4, 0.5) is 4.79 Å². The highest BCUT2D eigenvalue weighted by molar-refractivity contribution is 5.80. The fourth-order valence-electron chi connectivity index (χ4n) is 3.07. The Labute approximate surface area is 189 Å². The molecule has 3 rings (SSSR count). The Kier molecular flexibility index (Phi) is 8.01. The van der Waals surface area contributed by atoms with Gasteiger partial charge in [0.15, 0.2) is 0 Å². The van der Waals surface area contributed by atoms with Gasteiger partial charge in [-0.15, -0.1) is 0 Å². The van der Waals surface area contributed by atoms with Crippen LogP contribution in [0.3, 0.4) is 0 Å². The first-order valence-electron chi connectivity index (χ1n) is 10.2. The van der Waals surface area contributed by atoms with Crippen LogP contribution in [-0.2, 0) is 33.8 Å². The van der Waals surface area contributed by atoms with Crippen molar-refractivity contribution in [2.24, 2.45) is 0 Å². The number of rotatable bonds is 11. The number of nitrogens with one attached hydrogen (secondary N) is 2. The third-order valence-electron chi connectivity index (χ3n) is 4.74. The summed E-state index contributed by atoms with van der Waals surface area (Å²) in [4.78, 5) is 39.4. The number of aliphatic carboxylic acids is 2. The number of hydrogen-bond acceptors (Lipinski definition) is 6. The van der Waals surface area contributed by atoms with Gasteiger partial charge in [-0.25, -0.2) is 19.4 Å². The lowest BCUT2D eigenvalue weighted by Crippen LogP contribution is -2.42. The molecule has 0 fully saturated rings. The summed E-state index contributed by atoms with van der Waals surface area (Å²) < 4.78 is 6.44. The number of ether oxygens (including phenoxy) is 1. The maximum atomic E-state index is 12.0. The first kappa shape index (κ1) is 23.3. The van der Waals surface area contributed by atoms with Crippen molar-refractivity contribution in [3.05, 3.63) is 90.0 Å². The number of amides is 1. The topological polar surface area (TPSA) is 143 Å². The zero-order chi connectivity index (χ0) is 23.6. The maximum Gasteiger partial charge on any atom is 0.408 e. The molecule has 1 heterocycles. The lowest BCUT2D eigenvalue weighted by Gasteiger charge is -2.16. The SMILES string of the molecule is O=C(N[C@@H](Cc1cn(N[C@@H](Cc2ccccc2)C(=O)O)cn1)C(=O)O)OCc1ccccc1. The molecule has 0 saturated heterocycles. The van der Waals surface area contributed by atoms with Gasteiger partial charge in [0.2, 0.25) is 0 Å². The molecule has 33 heavy (non-hydrogen) atoms. The fourth-order valence-corrected chi connectivity index (χ4v) is 3.07. The summed E-state index contributed by atoms with van der Waals surface area (Å²) in [6.45, 7) is 0.00947. The standard InChI is InChI=1S/C23H24N4O6/c28-21(29)19(25-23(32)33-14-17-9-5-2-6-10-17)12-18-13-27(15-24-18)26-20(22(30)31)11-16-7-3-1-4-8-16/h1-10,13,15,19-20,26H,11-12,14H2,(H,25,32)(H,28,29)(H,30,31)/t19-,20-/m0/s1. The molecule has 1 amide bonds. The Morgan fingerprint density at radius 3 is 2.09 bits per heavy atom. The highest BCUT2D eigenvalue weighted by atomic mass is 16.5. The minimum absolute atomic E-state index is 0.00947. The summed E-state index contributed by atoms with van der Waals surface area (Å²) in [7, 11) is 0. The summed E-state index contributed by atoms with van der Waals surface area (Å²) in [5.74, 6) is -2.29. The van der Waals surface area contributed by atoms with E-state index >= 15 is 0 Å². The second kappa shape index (κ2) is 11.3. The van der Waals surface area contributed by atoms with E-state index in [-0.39, 0.29) is 19.4 Å². The number of benzene rings is 2. The minimum Gasteiger partial charge on any atom is -0.480 e. The largest absolute Gasteiger partial charge is 0.480 e. The highest BCUT2D eigenvalue weighted by Crippen LogP contribution is 2.07. The Morgan fingerprint density at radius 2 is 1.48 bits per heavy atom. The molecule has 10 heteroatoms. The third kappa shape index (κ3) is 7.39. The van der Waals surface area contributed by atoms with Crippen molar-refractivity contribution < 1.29 is 29.3 Å².